The highest BCUT2D eigenvalue weighted by Crippen LogP contribution is 2.29. The van der Waals surface area contributed by atoms with Gasteiger partial charge in [-0.25, -0.2) is 0 Å². The molecule has 2 amide bonds. The van der Waals surface area contributed by atoms with Crippen molar-refractivity contribution in [3.63, 3.8) is 0 Å². The third kappa shape index (κ3) is 6.17. The first-order valence-corrected chi connectivity index (χ1v) is 9.24. The maximum Gasteiger partial charge on any atom is 0.306 e. The molecule has 0 aromatic heterocycles. The van der Waals surface area contributed by atoms with Crippen LogP contribution in [0.3, 0.4) is 0 Å². The van der Waals surface area contributed by atoms with Gasteiger partial charge >= 0.3 is 5.97 Å². The number of hydrogen-bond donors (Lipinski definition) is 3. The SMILES string of the molecule is CC(C)CC(=O)Nc1cccc(CNC(=O)C2CCC(C(=O)O)CC2)c1. The Morgan fingerprint density at radius 1 is 1.12 bits per heavy atom. The van der Waals surface area contributed by atoms with Gasteiger partial charge in [0.15, 0.2) is 0 Å². The minimum atomic E-state index is -0.764. The molecule has 0 bridgehead atoms. The van der Waals surface area contributed by atoms with E-state index < -0.39 is 5.97 Å². The molecular formula is C20H28N2O4. The Balaban J connectivity index is 1.82. The van der Waals surface area contributed by atoms with Gasteiger partial charge in [-0.2, -0.15) is 0 Å². The van der Waals surface area contributed by atoms with Crippen molar-refractivity contribution < 1.29 is 19.5 Å². The Hall–Kier alpha value is -2.37. The molecule has 0 heterocycles. The van der Waals surface area contributed by atoms with Gasteiger partial charge in [0.2, 0.25) is 11.8 Å². The van der Waals surface area contributed by atoms with E-state index in [-0.39, 0.29) is 23.7 Å². The first-order valence-electron chi connectivity index (χ1n) is 9.24. The molecule has 0 aliphatic heterocycles. The Kier molecular flexibility index (Phi) is 7.18. The Bertz CT molecular complexity index is 649. The molecule has 1 aliphatic carbocycles. The van der Waals surface area contributed by atoms with Crippen LogP contribution in [0.5, 0.6) is 0 Å². The van der Waals surface area contributed by atoms with Crippen LogP contribution in [0.2, 0.25) is 0 Å². The van der Waals surface area contributed by atoms with Crippen LogP contribution in [-0.4, -0.2) is 22.9 Å². The fraction of sp³-hybridized carbons (Fsp3) is 0.550. The molecule has 0 unspecified atom stereocenters. The highest BCUT2D eigenvalue weighted by Gasteiger charge is 2.29. The van der Waals surface area contributed by atoms with Crippen LogP contribution in [0.15, 0.2) is 24.3 Å². The number of aliphatic carboxylic acids is 1. The van der Waals surface area contributed by atoms with Crippen LogP contribution in [0, 0.1) is 17.8 Å². The molecule has 1 aromatic rings. The van der Waals surface area contributed by atoms with Gasteiger partial charge in [-0.3, -0.25) is 14.4 Å². The van der Waals surface area contributed by atoms with Crippen LogP contribution >= 0.6 is 0 Å². The van der Waals surface area contributed by atoms with E-state index in [4.69, 9.17) is 5.11 Å². The van der Waals surface area contributed by atoms with Crippen molar-refractivity contribution in [2.45, 2.75) is 52.5 Å². The Morgan fingerprint density at radius 3 is 2.38 bits per heavy atom. The second-order valence-corrected chi connectivity index (χ2v) is 7.45. The lowest BCUT2D eigenvalue weighted by Gasteiger charge is -2.25. The van der Waals surface area contributed by atoms with Crippen molar-refractivity contribution in [3.8, 4) is 0 Å². The van der Waals surface area contributed by atoms with Crippen molar-refractivity contribution in [1.82, 2.24) is 5.32 Å². The minimum absolute atomic E-state index is 0.0172. The lowest BCUT2D eigenvalue weighted by Crippen LogP contribution is -2.34. The molecule has 0 atom stereocenters. The second kappa shape index (κ2) is 9.36. The lowest BCUT2D eigenvalue weighted by atomic mass is 9.81. The molecule has 0 saturated heterocycles. The van der Waals surface area contributed by atoms with Gasteiger partial charge in [0, 0.05) is 24.6 Å². The first-order chi connectivity index (χ1) is 12.3. The van der Waals surface area contributed by atoms with E-state index in [9.17, 15) is 14.4 Å². The normalized spacial score (nSPS) is 19.8. The number of carboxylic acids is 1. The molecule has 142 valence electrons. The topological polar surface area (TPSA) is 95.5 Å². The van der Waals surface area contributed by atoms with Crippen LogP contribution in [0.25, 0.3) is 0 Å². The summed E-state index contributed by atoms with van der Waals surface area (Å²) in [5.74, 6) is -0.932. The predicted octanol–water partition coefficient (Wildman–Crippen LogP) is 3.18. The van der Waals surface area contributed by atoms with Crippen LogP contribution in [-0.2, 0) is 20.9 Å². The van der Waals surface area contributed by atoms with Gasteiger partial charge in [-0.1, -0.05) is 26.0 Å². The lowest BCUT2D eigenvalue weighted by molar-refractivity contribution is -0.144. The maximum absolute atomic E-state index is 12.3. The van der Waals surface area contributed by atoms with E-state index in [0.29, 0.717) is 44.6 Å². The smallest absolute Gasteiger partial charge is 0.306 e. The van der Waals surface area contributed by atoms with Crippen molar-refractivity contribution in [1.29, 1.82) is 0 Å². The first kappa shape index (κ1) is 19.9. The summed E-state index contributed by atoms with van der Waals surface area (Å²) in [6.45, 7) is 4.39. The van der Waals surface area contributed by atoms with Gasteiger partial charge in [-0.05, 0) is 49.3 Å². The molecule has 6 heteroatoms. The summed E-state index contributed by atoms with van der Waals surface area (Å²) in [6.07, 6.45) is 2.83. The van der Waals surface area contributed by atoms with Gasteiger partial charge < -0.3 is 15.7 Å². The molecule has 1 aromatic carbocycles. The van der Waals surface area contributed by atoms with E-state index in [1.807, 2.05) is 38.1 Å². The third-order valence-electron chi connectivity index (χ3n) is 4.72. The average molecular weight is 360 g/mol. The molecule has 1 fully saturated rings. The number of anilines is 1. The molecule has 6 nitrogen and oxygen atoms in total. The molecular weight excluding hydrogens is 332 g/mol. The molecule has 26 heavy (non-hydrogen) atoms. The van der Waals surface area contributed by atoms with Crippen LogP contribution in [0.1, 0.15) is 51.5 Å². The van der Waals surface area contributed by atoms with Crippen LogP contribution < -0.4 is 10.6 Å². The molecule has 3 N–H and O–H groups in total. The number of carboxylic acid groups (broad SMARTS) is 1. The highest BCUT2D eigenvalue weighted by atomic mass is 16.4. The number of benzene rings is 1. The monoisotopic (exact) mass is 360 g/mol. The number of hydrogen-bond acceptors (Lipinski definition) is 3. The minimum Gasteiger partial charge on any atom is -0.481 e. The third-order valence-corrected chi connectivity index (χ3v) is 4.72. The quantitative estimate of drug-likeness (QED) is 0.696. The molecule has 0 radical (unpaired) electrons. The summed E-state index contributed by atoms with van der Waals surface area (Å²) in [6, 6.07) is 7.45. The fourth-order valence-electron chi connectivity index (χ4n) is 3.28. The zero-order chi connectivity index (χ0) is 19.1. The molecule has 1 aliphatic rings. The number of carbonyl (C=O) groups excluding carboxylic acids is 2. The molecule has 1 saturated carbocycles. The number of carbonyl (C=O) groups is 3. The fourth-order valence-corrected chi connectivity index (χ4v) is 3.28. The van der Waals surface area contributed by atoms with E-state index >= 15 is 0 Å². The number of nitrogens with one attached hydrogen (secondary N) is 2. The summed E-state index contributed by atoms with van der Waals surface area (Å²) in [4.78, 5) is 35.1. The summed E-state index contributed by atoms with van der Waals surface area (Å²) < 4.78 is 0. The standard InChI is InChI=1S/C20H28N2O4/c1-13(2)10-18(23)22-17-5-3-4-14(11-17)12-21-19(24)15-6-8-16(9-7-15)20(25)26/h3-5,11,13,15-16H,6-10,12H2,1-2H3,(H,21,24)(H,22,23)(H,25,26). The predicted molar refractivity (Wildman–Crippen MR) is 99.5 cm³/mol. The highest BCUT2D eigenvalue weighted by molar-refractivity contribution is 5.90. The second-order valence-electron chi connectivity index (χ2n) is 7.45. The Labute approximate surface area is 154 Å². The zero-order valence-electron chi connectivity index (χ0n) is 15.5. The van der Waals surface area contributed by atoms with Crippen molar-refractivity contribution in [2.75, 3.05) is 5.32 Å². The van der Waals surface area contributed by atoms with E-state index in [1.165, 1.54) is 0 Å². The van der Waals surface area contributed by atoms with Crippen LogP contribution in [0.4, 0.5) is 5.69 Å². The van der Waals surface area contributed by atoms with Gasteiger partial charge in [0.05, 0.1) is 5.92 Å². The average Bonchev–Trinajstić information content (AvgIpc) is 2.59. The largest absolute Gasteiger partial charge is 0.481 e. The zero-order valence-corrected chi connectivity index (χ0v) is 15.5. The van der Waals surface area contributed by atoms with E-state index in [1.54, 1.807) is 0 Å². The summed E-state index contributed by atoms with van der Waals surface area (Å²) in [5.41, 5.74) is 1.64. The van der Waals surface area contributed by atoms with Crippen molar-refractivity contribution >= 4 is 23.5 Å². The van der Waals surface area contributed by atoms with E-state index in [2.05, 4.69) is 10.6 Å². The maximum atomic E-state index is 12.3. The molecule has 0 spiro atoms. The van der Waals surface area contributed by atoms with Gasteiger partial charge in [-0.15, -0.1) is 0 Å². The molecule has 2 rings (SSSR count). The van der Waals surface area contributed by atoms with Gasteiger partial charge in [0.1, 0.15) is 0 Å². The summed E-state index contributed by atoms with van der Waals surface area (Å²) in [7, 11) is 0. The van der Waals surface area contributed by atoms with E-state index in [0.717, 1.165) is 11.3 Å². The van der Waals surface area contributed by atoms with Crippen molar-refractivity contribution in [3.05, 3.63) is 29.8 Å². The number of amides is 2. The Morgan fingerprint density at radius 2 is 1.77 bits per heavy atom. The summed E-state index contributed by atoms with van der Waals surface area (Å²) >= 11 is 0. The van der Waals surface area contributed by atoms with Gasteiger partial charge in [0.25, 0.3) is 0 Å². The van der Waals surface area contributed by atoms with Crippen molar-refractivity contribution in [2.24, 2.45) is 17.8 Å². The number of rotatable bonds is 7. The summed E-state index contributed by atoms with van der Waals surface area (Å²) in [5, 5.41) is 14.8.